The van der Waals surface area contributed by atoms with Crippen molar-refractivity contribution >= 4 is 22.4 Å². The fraction of sp³-hybridized carbons (Fsp3) is 0.700. The maximum absolute atomic E-state index is 10.9. The maximum Gasteiger partial charge on any atom is 0.335 e. The molecule has 1 atom stereocenters. The van der Waals surface area contributed by atoms with Gasteiger partial charge in [-0.25, -0.2) is 18.1 Å². The number of carbonyl (C=O) groups is 1. The molecule has 1 unspecified atom stereocenters. The van der Waals surface area contributed by atoms with Crippen molar-refractivity contribution in [3.8, 4) is 0 Å². The van der Waals surface area contributed by atoms with Crippen molar-refractivity contribution in [1.29, 1.82) is 0 Å². The third kappa shape index (κ3) is 13.6. The fourth-order valence-electron chi connectivity index (χ4n) is 3.10. The molecular weight excluding hydrogens is 380 g/mol. The minimum absolute atomic E-state index is 0.291. The monoisotopic (exact) mass is 415 g/mol. The fourth-order valence-corrected chi connectivity index (χ4v) is 3.59. The first-order valence-electron chi connectivity index (χ1n) is 10.3. The Morgan fingerprint density at radius 2 is 1.64 bits per heavy atom. The van der Waals surface area contributed by atoms with E-state index in [-0.39, 0.29) is 11.7 Å². The molecule has 1 N–H and O–H groups in total. The zero-order valence-electron chi connectivity index (χ0n) is 16.8. The minimum Gasteiger partial charge on any atom is -0.748 e. The second kappa shape index (κ2) is 14.5. The second-order valence-electron chi connectivity index (χ2n) is 7.18. The molecule has 7 nitrogen and oxygen atoms in total. The molecular formula is C20H35N2O5S+. The number of nitrogens with zero attached hydrogens (tertiary/aromatic N) is 1. The van der Waals surface area contributed by atoms with Crippen LogP contribution in [0.1, 0.15) is 64.2 Å². The van der Waals surface area contributed by atoms with Crippen molar-refractivity contribution in [2.45, 2.75) is 64.2 Å². The summed E-state index contributed by atoms with van der Waals surface area (Å²) >= 11 is 0. The Hall–Kier alpha value is -1.51. The van der Waals surface area contributed by atoms with Crippen LogP contribution < -0.4 is 4.90 Å². The standard InChI is InChI=1S/C20H34N2O5S/c1-2-20(23)27-17-11-9-7-5-3-4-6-8-10-13-21-15-16-22(19-21)14-12-18-28(24,25)26/h2,15-16,19H,1,3-14,17-18H2/p+1. The SMILES string of the molecule is C=CC(=O)OCCCCCCCCCCC[N+]1=C[NH+](CCCS(=O)(=O)[O-])C=C1. The van der Waals surface area contributed by atoms with Crippen LogP contribution in [-0.2, 0) is 19.6 Å². The van der Waals surface area contributed by atoms with Crippen molar-refractivity contribution in [1.82, 2.24) is 0 Å². The number of nitrogens with one attached hydrogen (secondary N) is 1. The number of rotatable bonds is 17. The number of carbonyl (C=O) groups excluding carboxylic acids is 1. The number of hydrogen-bond donors (Lipinski definition) is 1. The number of unbranched alkanes of at least 4 members (excludes halogenated alkanes) is 8. The van der Waals surface area contributed by atoms with Gasteiger partial charge in [0, 0.05) is 24.7 Å². The van der Waals surface area contributed by atoms with Gasteiger partial charge in [-0.05, 0) is 12.8 Å². The molecule has 0 saturated carbocycles. The molecule has 28 heavy (non-hydrogen) atoms. The molecule has 1 rings (SSSR count). The van der Waals surface area contributed by atoms with Gasteiger partial charge in [-0.3, -0.25) is 0 Å². The first kappa shape index (κ1) is 24.5. The van der Waals surface area contributed by atoms with Gasteiger partial charge in [0.05, 0.1) is 23.3 Å². The Morgan fingerprint density at radius 1 is 1.04 bits per heavy atom. The summed E-state index contributed by atoms with van der Waals surface area (Å²) in [6, 6.07) is 0. The summed E-state index contributed by atoms with van der Waals surface area (Å²) < 4.78 is 38.9. The average Bonchev–Trinajstić information content (AvgIpc) is 3.09. The average molecular weight is 416 g/mol. The topological polar surface area (TPSA) is 91.0 Å². The first-order valence-corrected chi connectivity index (χ1v) is 11.9. The Kier molecular flexibility index (Phi) is 12.7. The Labute approximate surface area is 169 Å². The van der Waals surface area contributed by atoms with E-state index in [1.165, 1.54) is 44.6 Å². The molecule has 0 radical (unpaired) electrons. The van der Waals surface area contributed by atoms with Crippen LogP contribution in [0.25, 0.3) is 0 Å². The summed E-state index contributed by atoms with van der Waals surface area (Å²) in [6.45, 7) is 5.46. The Bertz CT molecular complexity index is 629. The molecule has 1 aliphatic rings. The van der Waals surface area contributed by atoms with Gasteiger partial charge >= 0.3 is 12.3 Å². The molecule has 0 aromatic rings. The lowest BCUT2D eigenvalue weighted by Gasteiger charge is -2.06. The summed E-state index contributed by atoms with van der Waals surface area (Å²) in [4.78, 5) is 12.0. The number of ether oxygens (including phenoxy) is 1. The van der Waals surface area contributed by atoms with Crippen LogP contribution in [0.5, 0.6) is 0 Å². The van der Waals surface area contributed by atoms with E-state index in [1.807, 2.05) is 18.7 Å². The van der Waals surface area contributed by atoms with Crippen LogP contribution in [0.15, 0.2) is 25.1 Å². The van der Waals surface area contributed by atoms with Gasteiger partial charge in [-0.1, -0.05) is 45.1 Å². The number of hydrogen-bond acceptors (Lipinski definition) is 5. The largest absolute Gasteiger partial charge is 0.748 e. The zero-order valence-corrected chi connectivity index (χ0v) is 17.6. The van der Waals surface area contributed by atoms with Gasteiger partial charge in [0.15, 0.2) is 12.7 Å². The van der Waals surface area contributed by atoms with E-state index in [0.717, 1.165) is 30.7 Å². The Morgan fingerprint density at radius 3 is 2.25 bits per heavy atom. The molecule has 0 bridgehead atoms. The van der Waals surface area contributed by atoms with Crippen LogP contribution in [0.2, 0.25) is 0 Å². The smallest absolute Gasteiger partial charge is 0.335 e. The number of quaternary nitrogens is 1. The van der Waals surface area contributed by atoms with E-state index in [2.05, 4.69) is 11.2 Å². The highest BCUT2D eigenvalue weighted by molar-refractivity contribution is 7.85. The Balaban J connectivity index is 1.90. The summed E-state index contributed by atoms with van der Waals surface area (Å²) in [6.07, 6.45) is 18.2. The van der Waals surface area contributed by atoms with E-state index in [4.69, 9.17) is 4.74 Å². The van der Waals surface area contributed by atoms with E-state index in [0.29, 0.717) is 19.6 Å². The lowest BCUT2D eigenvalue weighted by Crippen LogP contribution is -3.06. The van der Waals surface area contributed by atoms with E-state index in [1.54, 1.807) is 0 Å². The van der Waals surface area contributed by atoms with Gasteiger partial charge in [0.1, 0.15) is 0 Å². The van der Waals surface area contributed by atoms with E-state index in [9.17, 15) is 17.8 Å². The van der Waals surface area contributed by atoms with Crippen LogP contribution in [0.4, 0.5) is 0 Å². The van der Waals surface area contributed by atoms with Gasteiger partial charge < -0.3 is 9.29 Å². The molecule has 1 aliphatic heterocycles. The van der Waals surface area contributed by atoms with Crippen LogP contribution in [-0.4, -0.2) is 55.3 Å². The lowest BCUT2D eigenvalue weighted by molar-refractivity contribution is -0.749. The lowest BCUT2D eigenvalue weighted by atomic mass is 10.1. The van der Waals surface area contributed by atoms with Gasteiger partial charge in [0.25, 0.3) is 0 Å². The molecule has 0 spiro atoms. The summed E-state index contributed by atoms with van der Waals surface area (Å²) in [5.74, 6) is -0.633. The van der Waals surface area contributed by atoms with Crippen molar-refractivity contribution in [2.75, 3.05) is 25.4 Å². The highest BCUT2D eigenvalue weighted by Gasteiger charge is 2.17. The molecule has 8 heteroatoms. The summed E-state index contributed by atoms with van der Waals surface area (Å²) in [7, 11) is -4.10. The third-order valence-electron chi connectivity index (χ3n) is 4.64. The molecule has 160 valence electrons. The highest BCUT2D eigenvalue weighted by atomic mass is 32.2. The summed E-state index contributed by atoms with van der Waals surface area (Å²) in [5.41, 5.74) is 0. The second-order valence-corrected chi connectivity index (χ2v) is 8.70. The number of esters is 1. The first-order chi connectivity index (χ1) is 13.4. The van der Waals surface area contributed by atoms with E-state index < -0.39 is 10.1 Å². The van der Waals surface area contributed by atoms with Crippen LogP contribution in [0.3, 0.4) is 0 Å². The van der Waals surface area contributed by atoms with Gasteiger partial charge in [-0.15, -0.1) is 0 Å². The van der Waals surface area contributed by atoms with Crippen LogP contribution >= 0.6 is 0 Å². The van der Waals surface area contributed by atoms with Crippen molar-refractivity contribution in [3.05, 3.63) is 25.1 Å². The summed E-state index contributed by atoms with van der Waals surface area (Å²) in [5, 5.41) is 0. The van der Waals surface area contributed by atoms with Crippen molar-refractivity contribution in [2.24, 2.45) is 0 Å². The molecule has 0 saturated heterocycles. The van der Waals surface area contributed by atoms with E-state index >= 15 is 0 Å². The highest BCUT2D eigenvalue weighted by Crippen LogP contribution is 2.10. The molecule has 0 amide bonds. The molecule has 1 heterocycles. The van der Waals surface area contributed by atoms with Gasteiger partial charge in [-0.2, -0.15) is 4.58 Å². The predicted molar refractivity (Wildman–Crippen MR) is 108 cm³/mol. The normalized spacial score (nSPS) is 16.2. The van der Waals surface area contributed by atoms with Gasteiger partial charge in [0.2, 0.25) is 6.20 Å². The predicted octanol–water partition coefficient (Wildman–Crippen LogP) is 1.57. The zero-order chi connectivity index (χ0) is 20.7. The molecule has 0 aromatic heterocycles. The minimum atomic E-state index is -4.10. The van der Waals surface area contributed by atoms with Crippen LogP contribution in [0, 0.1) is 0 Å². The van der Waals surface area contributed by atoms with Crippen molar-refractivity contribution < 1.29 is 32.0 Å². The quantitative estimate of drug-likeness (QED) is 0.128. The van der Waals surface area contributed by atoms with Crippen molar-refractivity contribution in [3.63, 3.8) is 0 Å². The third-order valence-corrected chi connectivity index (χ3v) is 5.43. The molecule has 0 aliphatic carbocycles. The maximum atomic E-state index is 10.9. The molecule has 0 fully saturated rings. The molecule has 0 aromatic carbocycles.